The van der Waals surface area contributed by atoms with Crippen LogP contribution in [-0.4, -0.2) is 40.1 Å². The van der Waals surface area contributed by atoms with Crippen LogP contribution >= 0.6 is 23.1 Å². The van der Waals surface area contributed by atoms with Crippen molar-refractivity contribution >= 4 is 58.2 Å². The van der Waals surface area contributed by atoms with Crippen LogP contribution in [0.15, 0.2) is 82.6 Å². The monoisotopic (exact) mass is 631 g/mol. The first kappa shape index (κ1) is 29.5. The molecular formula is C32H26FN3O6S2. The third-order valence-electron chi connectivity index (χ3n) is 7.55. The molecule has 12 heteroatoms. The molecule has 2 aliphatic rings. The van der Waals surface area contributed by atoms with Crippen LogP contribution in [0.5, 0.6) is 0 Å². The minimum absolute atomic E-state index is 0.206. The van der Waals surface area contributed by atoms with E-state index in [1.165, 1.54) is 41.0 Å². The first-order valence-corrected chi connectivity index (χ1v) is 15.5. The molecule has 44 heavy (non-hydrogen) atoms. The molecule has 1 saturated heterocycles. The lowest BCUT2D eigenvalue weighted by Crippen LogP contribution is -2.33. The van der Waals surface area contributed by atoms with Gasteiger partial charge in [0.2, 0.25) is 17.7 Å². The molecule has 1 aromatic heterocycles. The van der Waals surface area contributed by atoms with E-state index < -0.39 is 51.5 Å². The summed E-state index contributed by atoms with van der Waals surface area (Å²) in [6, 6.07) is 18.9. The number of anilines is 2. The molecular weight excluding hydrogens is 605 g/mol. The minimum atomic E-state index is -0.907. The fourth-order valence-corrected chi connectivity index (χ4v) is 8.25. The van der Waals surface area contributed by atoms with Crippen LogP contribution in [0.2, 0.25) is 0 Å². The number of nitrogens with one attached hydrogen (secondary N) is 1. The number of hydrogen-bond acceptors (Lipinski definition) is 8. The average Bonchev–Trinajstić information content (AvgIpc) is 3.45. The number of hydrogen-bond donors (Lipinski definition) is 1. The summed E-state index contributed by atoms with van der Waals surface area (Å²) in [7, 11) is 0. The van der Waals surface area contributed by atoms with Gasteiger partial charge in [0.05, 0.1) is 28.8 Å². The van der Waals surface area contributed by atoms with Crippen molar-refractivity contribution < 1.29 is 28.3 Å². The molecule has 9 nitrogen and oxygen atoms in total. The largest absolute Gasteiger partial charge is 0.462 e. The zero-order valence-electron chi connectivity index (χ0n) is 23.6. The number of nitrogens with zero attached hydrogens (tertiary/aromatic N) is 2. The van der Waals surface area contributed by atoms with Crippen molar-refractivity contribution in [2.24, 2.45) is 5.92 Å². The maximum Gasteiger partial charge on any atom is 0.338 e. The third kappa shape index (κ3) is 5.35. The number of imide groups is 1. The van der Waals surface area contributed by atoms with Crippen LogP contribution in [-0.2, 0) is 25.7 Å². The van der Waals surface area contributed by atoms with Crippen LogP contribution in [0, 0.1) is 18.7 Å². The van der Waals surface area contributed by atoms with E-state index in [1.807, 2.05) is 19.1 Å². The molecule has 3 unspecified atom stereocenters. The fourth-order valence-electron chi connectivity index (χ4n) is 5.48. The summed E-state index contributed by atoms with van der Waals surface area (Å²) >= 11 is 2.00. The average molecular weight is 632 g/mol. The number of benzene rings is 3. The number of carbonyl (C=O) groups excluding carboxylic acids is 4. The van der Waals surface area contributed by atoms with Crippen LogP contribution < -0.4 is 15.1 Å². The van der Waals surface area contributed by atoms with Crippen LogP contribution in [0.1, 0.15) is 39.2 Å². The second-order valence-corrected chi connectivity index (χ2v) is 12.5. The Labute approximate surface area is 259 Å². The van der Waals surface area contributed by atoms with Gasteiger partial charge in [-0.1, -0.05) is 52.9 Å². The molecule has 3 heterocycles. The molecule has 0 spiro atoms. The zero-order valence-corrected chi connectivity index (χ0v) is 25.2. The van der Waals surface area contributed by atoms with Crippen LogP contribution in [0.25, 0.3) is 0 Å². The van der Waals surface area contributed by atoms with Gasteiger partial charge in [-0.05, 0) is 67.9 Å². The van der Waals surface area contributed by atoms with Gasteiger partial charge in [-0.15, -0.1) is 0 Å². The van der Waals surface area contributed by atoms with Gasteiger partial charge in [-0.2, -0.15) is 0 Å². The Hall–Kier alpha value is -4.55. The lowest BCUT2D eigenvalue weighted by molar-refractivity contribution is -0.122. The van der Waals surface area contributed by atoms with E-state index in [2.05, 4.69) is 5.32 Å². The molecule has 1 fully saturated rings. The van der Waals surface area contributed by atoms with Crippen molar-refractivity contribution in [2.75, 3.05) is 16.8 Å². The van der Waals surface area contributed by atoms with Crippen LogP contribution in [0.3, 0.4) is 0 Å². The van der Waals surface area contributed by atoms with Gasteiger partial charge in [0.15, 0.2) is 0 Å². The Bertz CT molecular complexity index is 1830. The summed E-state index contributed by atoms with van der Waals surface area (Å²) < 4.78 is 20.3. The van der Waals surface area contributed by atoms with E-state index in [1.54, 1.807) is 31.2 Å². The predicted molar refractivity (Wildman–Crippen MR) is 165 cm³/mol. The number of rotatable bonds is 7. The Morgan fingerprint density at radius 1 is 0.932 bits per heavy atom. The summed E-state index contributed by atoms with van der Waals surface area (Å²) in [5.74, 6) is -3.98. The highest BCUT2D eigenvalue weighted by molar-refractivity contribution is 8.00. The van der Waals surface area contributed by atoms with Crippen molar-refractivity contribution in [3.63, 3.8) is 0 Å². The third-order valence-corrected chi connectivity index (χ3v) is 10.2. The number of aryl methyl sites for hydroxylation is 1. The molecule has 3 aromatic carbocycles. The topological polar surface area (TPSA) is 115 Å². The van der Waals surface area contributed by atoms with E-state index in [9.17, 15) is 28.4 Å². The second-order valence-electron chi connectivity index (χ2n) is 10.4. The Balaban J connectivity index is 1.36. The number of aromatic nitrogens is 1. The number of ether oxygens (including phenoxy) is 1. The second kappa shape index (κ2) is 11.9. The number of fused-ring (bicyclic) bond motifs is 2. The van der Waals surface area contributed by atoms with E-state index >= 15 is 0 Å². The van der Waals surface area contributed by atoms with E-state index in [0.29, 0.717) is 26.8 Å². The lowest BCUT2D eigenvalue weighted by Gasteiger charge is -2.30. The lowest BCUT2D eigenvalue weighted by atomic mass is 9.83. The number of amides is 3. The molecule has 0 saturated carbocycles. The number of carbonyl (C=O) groups is 4. The van der Waals surface area contributed by atoms with Gasteiger partial charge in [0.1, 0.15) is 17.6 Å². The van der Waals surface area contributed by atoms with E-state index in [0.717, 1.165) is 33.6 Å². The van der Waals surface area contributed by atoms with E-state index in [4.69, 9.17) is 4.74 Å². The molecule has 3 atom stereocenters. The summed E-state index contributed by atoms with van der Waals surface area (Å²) in [4.78, 5) is 67.6. The maximum atomic E-state index is 14.0. The highest BCUT2D eigenvalue weighted by atomic mass is 32.2. The van der Waals surface area contributed by atoms with E-state index in [-0.39, 0.29) is 18.7 Å². The Morgan fingerprint density at radius 3 is 2.27 bits per heavy atom. The zero-order chi connectivity index (χ0) is 31.1. The summed E-state index contributed by atoms with van der Waals surface area (Å²) in [5, 5.41) is 2.31. The normalized spacial score (nSPS) is 19.0. The van der Waals surface area contributed by atoms with Crippen molar-refractivity contribution in [3.05, 3.63) is 110 Å². The highest BCUT2D eigenvalue weighted by Crippen LogP contribution is 2.53. The Morgan fingerprint density at radius 2 is 1.61 bits per heavy atom. The molecule has 6 rings (SSSR count). The fraction of sp³-hybridized carbons (Fsp3) is 0.219. The molecule has 224 valence electrons. The van der Waals surface area contributed by atoms with Gasteiger partial charge in [-0.3, -0.25) is 23.7 Å². The Kier molecular flexibility index (Phi) is 7.95. The molecule has 0 bridgehead atoms. The van der Waals surface area contributed by atoms with Crippen molar-refractivity contribution in [2.45, 2.75) is 36.6 Å². The quantitative estimate of drug-likeness (QED) is 0.226. The van der Waals surface area contributed by atoms with Crippen molar-refractivity contribution in [3.8, 4) is 0 Å². The number of halogens is 1. The SMILES string of the molecule is CCOC(=O)c1ccc(N2C(=O)C3Sc4c(sc(=O)n4CC(=O)Nc4ccc(C)cc4)C(c4ccc(F)cc4)C3C2=O)cc1. The van der Waals surface area contributed by atoms with Gasteiger partial charge in [0, 0.05) is 16.5 Å². The molecule has 2 aliphatic heterocycles. The first-order chi connectivity index (χ1) is 21.2. The first-order valence-electron chi connectivity index (χ1n) is 13.8. The summed E-state index contributed by atoms with van der Waals surface area (Å²) in [6.45, 7) is 3.54. The van der Waals surface area contributed by atoms with Crippen LogP contribution in [0.4, 0.5) is 15.8 Å². The standard InChI is InChI=1S/C32H26FN3O6S2/c1-3-42-31(40)19-8-14-22(15-9-19)36-28(38)25-24(18-6-10-20(33)11-7-18)27-30(43-26(25)29(36)39)35(32(41)44-27)16-23(37)34-21-12-4-17(2)5-13-21/h4-15,24-26H,3,16H2,1-2H3,(H,34,37). The minimum Gasteiger partial charge on any atom is -0.462 e. The number of esters is 1. The molecule has 3 amide bonds. The number of thiazole rings is 1. The smallest absolute Gasteiger partial charge is 0.338 e. The van der Waals surface area contributed by atoms with Gasteiger partial charge < -0.3 is 10.1 Å². The molecule has 0 aliphatic carbocycles. The maximum absolute atomic E-state index is 14.0. The van der Waals surface area contributed by atoms with Gasteiger partial charge in [0.25, 0.3) is 0 Å². The summed E-state index contributed by atoms with van der Waals surface area (Å²) in [6.07, 6.45) is 0. The molecule has 4 aromatic rings. The highest BCUT2D eigenvalue weighted by Gasteiger charge is 2.56. The summed E-state index contributed by atoms with van der Waals surface area (Å²) in [5.41, 5.74) is 2.75. The molecule has 1 N–H and O–H groups in total. The van der Waals surface area contributed by atoms with Crippen molar-refractivity contribution in [1.29, 1.82) is 0 Å². The predicted octanol–water partition coefficient (Wildman–Crippen LogP) is 4.97. The van der Waals surface area contributed by atoms with Crippen molar-refractivity contribution in [1.82, 2.24) is 4.57 Å². The molecule has 0 radical (unpaired) electrons. The van der Waals surface area contributed by atoms with Gasteiger partial charge >= 0.3 is 10.8 Å². The van der Waals surface area contributed by atoms with Gasteiger partial charge in [-0.25, -0.2) is 14.1 Å². The number of thioether (sulfide) groups is 1.